The van der Waals surface area contributed by atoms with E-state index in [-0.39, 0.29) is 17.3 Å². The minimum Gasteiger partial charge on any atom is -0.502 e. The predicted molar refractivity (Wildman–Crippen MR) is 90.0 cm³/mol. The number of phenols is 1. The summed E-state index contributed by atoms with van der Waals surface area (Å²) in [6.07, 6.45) is 3.25. The van der Waals surface area contributed by atoms with Gasteiger partial charge in [0, 0.05) is 24.7 Å². The molecule has 1 saturated heterocycles. The molecule has 6 heteroatoms. The second kappa shape index (κ2) is 6.70. The topological polar surface area (TPSA) is 83.7 Å². The third-order valence-electron chi connectivity index (χ3n) is 4.28. The summed E-state index contributed by atoms with van der Waals surface area (Å²) in [5.41, 5.74) is 1.67. The fourth-order valence-corrected chi connectivity index (χ4v) is 2.93. The van der Waals surface area contributed by atoms with Gasteiger partial charge in [-0.15, -0.1) is 0 Å². The van der Waals surface area contributed by atoms with Gasteiger partial charge in [0.25, 0.3) is 5.91 Å². The van der Waals surface area contributed by atoms with Crippen molar-refractivity contribution < 1.29 is 14.8 Å². The van der Waals surface area contributed by atoms with Crippen molar-refractivity contribution in [2.24, 2.45) is 0 Å². The van der Waals surface area contributed by atoms with E-state index in [4.69, 9.17) is 0 Å². The molecule has 6 nitrogen and oxygen atoms in total. The smallest absolute Gasteiger partial charge is 0.311 e. The molecule has 0 aliphatic carbocycles. The van der Waals surface area contributed by atoms with Crippen molar-refractivity contribution in [3.05, 3.63) is 58.1 Å². The molecule has 1 heterocycles. The van der Waals surface area contributed by atoms with Crippen LogP contribution < -0.4 is 0 Å². The molecule has 3 rings (SSSR count). The van der Waals surface area contributed by atoms with Crippen molar-refractivity contribution in [3.8, 4) is 16.9 Å². The van der Waals surface area contributed by atoms with Gasteiger partial charge in [-0.25, -0.2) is 0 Å². The van der Waals surface area contributed by atoms with Crippen LogP contribution in [0.1, 0.15) is 29.6 Å². The lowest BCUT2D eigenvalue weighted by Crippen LogP contribution is -2.35. The summed E-state index contributed by atoms with van der Waals surface area (Å²) in [5, 5.41) is 20.4. The van der Waals surface area contributed by atoms with Crippen LogP contribution in [-0.2, 0) is 0 Å². The van der Waals surface area contributed by atoms with Crippen LogP contribution in [0.25, 0.3) is 11.1 Å². The minimum atomic E-state index is -0.618. The van der Waals surface area contributed by atoms with Gasteiger partial charge in [-0.05, 0) is 48.6 Å². The summed E-state index contributed by atoms with van der Waals surface area (Å²) in [4.78, 5) is 24.6. The van der Waals surface area contributed by atoms with Gasteiger partial charge in [-0.1, -0.05) is 18.2 Å². The maximum absolute atomic E-state index is 12.4. The summed E-state index contributed by atoms with van der Waals surface area (Å²) in [6, 6.07) is 11.3. The van der Waals surface area contributed by atoms with E-state index in [1.807, 2.05) is 4.90 Å². The lowest BCUT2D eigenvalue weighted by atomic mass is 10.0. The predicted octanol–water partition coefficient (Wildman–Crippen LogP) is 3.59. The Morgan fingerprint density at radius 2 is 1.62 bits per heavy atom. The molecule has 2 aromatic rings. The molecule has 0 aromatic heterocycles. The molecule has 0 saturated carbocycles. The summed E-state index contributed by atoms with van der Waals surface area (Å²) in [7, 11) is 0. The Balaban J connectivity index is 1.83. The van der Waals surface area contributed by atoms with Crippen LogP contribution in [-0.4, -0.2) is 33.9 Å². The molecule has 1 aliphatic rings. The maximum Gasteiger partial charge on any atom is 0.311 e. The zero-order chi connectivity index (χ0) is 17.1. The number of nitro benzene ring substituents is 1. The first-order chi connectivity index (χ1) is 11.6. The van der Waals surface area contributed by atoms with Crippen LogP contribution in [0.5, 0.6) is 5.75 Å². The number of amides is 1. The Morgan fingerprint density at radius 1 is 1.00 bits per heavy atom. The first-order valence-corrected chi connectivity index (χ1v) is 7.93. The van der Waals surface area contributed by atoms with E-state index in [2.05, 4.69) is 0 Å². The monoisotopic (exact) mass is 326 g/mol. The number of rotatable bonds is 3. The summed E-state index contributed by atoms with van der Waals surface area (Å²) in [5.74, 6) is -0.335. The van der Waals surface area contributed by atoms with Crippen LogP contribution in [0.4, 0.5) is 5.69 Å². The largest absolute Gasteiger partial charge is 0.502 e. The summed E-state index contributed by atoms with van der Waals surface area (Å²) in [6.45, 7) is 1.59. The Kier molecular flexibility index (Phi) is 4.46. The number of benzene rings is 2. The van der Waals surface area contributed by atoms with Gasteiger partial charge in [-0.3, -0.25) is 14.9 Å². The Bertz CT molecular complexity index is 765. The van der Waals surface area contributed by atoms with Crippen LogP contribution in [0.2, 0.25) is 0 Å². The quantitative estimate of drug-likeness (QED) is 0.690. The lowest BCUT2D eigenvalue weighted by molar-refractivity contribution is -0.385. The van der Waals surface area contributed by atoms with Crippen molar-refractivity contribution in [2.75, 3.05) is 13.1 Å². The van der Waals surface area contributed by atoms with Gasteiger partial charge in [0.2, 0.25) is 0 Å². The second-order valence-electron chi connectivity index (χ2n) is 5.89. The van der Waals surface area contributed by atoms with E-state index in [1.54, 1.807) is 30.3 Å². The third kappa shape index (κ3) is 3.22. The molecular weight excluding hydrogens is 308 g/mol. The molecule has 0 unspecified atom stereocenters. The highest BCUT2D eigenvalue weighted by atomic mass is 16.6. The molecule has 0 spiro atoms. The molecule has 1 N–H and O–H groups in total. The van der Waals surface area contributed by atoms with Gasteiger partial charge < -0.3 is 10.0 Å². The molecule has 1 aliphatic heterocycles. The molecule has 0 atom stereocenters. The first kappa shape index (κ1) is 16.0. The average molecular weight is 326 g/mol. The minimum absolute atomic E-state index is 0.0259. The van der Waals surface area contributed by atoms with Crippen LogP contribution in [0.3, 0.4) is 0 Å². The Labute approximate surface area is 139 Å². The highest BCUT2D eigenvalue weighted by Gasteiger charge is 2.18. The number of nitrogens with zero attached hydrogens (tertiary/aromatic N) is 2. The van der Waals surface area contributed by atoms with E-state index in [0.717, 1.165) is 31.5 Å². The molecule has 2 aromatic carbocycles. The van der Waals surface area contributed by atoms with Gasteiger partial charge in [0.05, 0.1) is 4.92 Å². The first-order valence-electron chi connectivity index (χ1n) is 7.93. The second-order valence-corrected chi connectivity index (χ2v) is 5.89. The van der Waals surface area contributed by atoms with E-state index in [9.17, 15) is 20.0 Å². The molecule has 1 fully saturated rings. The Morgan fingerprint density at radius 3 is 2.25 bits per heavy atom. The van der Waals surface area contributed by atoms with Gasteiger partial charge in [0.1, 0.15) is 0 Å². The zero-order valence-corrected chi connectivity index (χ0v) is 13.1. The van der Waals surface area contributed by atoms with Crippen molar-refractivity contribution >= 4 is 11.6 Å². The fourth-order valence-electron chi connectivity index (χ4n) is 2.93. The van der Waals surface area contributed by atoms with Crippen LogP contribution in [0, 0.1) is 10.1 Å². The highest BCUT2D eigenvalue weighted by molar-refractivity contribution is 5.94. The number of aromatic hydroxyl groups is 1. The van der Waals surface area contributed by atoms with Crippen molar-refractivity contribution in [3.63, 3.8) is 0 Å². The van der Waals surface area contributed by atoms with Crippen LogP contribution >= 0.6 is 0 Å². The van der Waals surface area contributed by atoms with E-state index < -0.39 is 4.92 Å². The lowest BCUT2D eigenvalue weighted by Gasteiger charge is -2.26. The molecule has 0 bridgehead atoms. The standard InChI is InChI=1S/C18H18N2O4/c21-17-9-8-15(12-16(17)20(23)24)13-4-6-14(7-5-13)18(22)19-10-2-1-3-11-19/h4-9,12,21H,1-3,10-11H2. The molecular formula is C18H18N2O4. The normalized spacial score (nSPS) is 14.4. The van der Waals surface area contributed by atoms with Crippen molar-refractivity contribution in [2.45, 2.75) is 19.3 Å². The third-order valence-corrected chi connectivity index (χ3v) is 4.28. The number of nitro groups is 1. The number of hydrogen-bond acceptors (Lipinski definition) is 4. The van der Waals surface area contributed by atoms with Gasteiger partial charge in [0.15, 0.2) is 5.75 Å². The number of likely N-dealkylation sites (tertiary alicyclic amines) is 1. The van der Waals surface area contributed by atoms with E-state index in [1.165, 1.54) is 18.6 Å². The van der Waals surface area contributed by atoms with Crippen molar-refractivity contribution in [1.29, 1.82) is 0 Å². The van der Waals surface area contributed by atoms with E-state index >= 15 is 0 Å². The summed E-state index contributed by atoms with van der Waals surface area (Å²) >= 11 is 0. The zero-order valence-electron chi connectivity index (χ0n) is 13.1. The average Bonchev–Trinajstić information content (AvgIpc) is 2.62. The van der Waals surface area contributed by atoms with Crippen LogP contribution in [0.15, 0.2) is 42.5 Å². The molecule has 24 heavy (non-hydrogen) atoms. The molecule has 124 valence electrons. The fraction of sp³-hybridized carbons (Fsp3) is 0.278. The van der Waals surface area contributed by atoms with E-state index in [0.29, 0.717) is 11.1 Å². The van der Waals surface area contributed by atoms with Gasteiger partial charge >= 0.3 is 5.69 Å². The Hall–Kier alpha value is -2.89. The highest BCUT2D eigenvalue weighted by Crippen LogP contribution is 2.31. The number of hydrogen-bond donors (Lipinski definition) is 1. The number of piperidine rings is 1. The number of carbonyl (C=O) groups excluding carboxylic acids is 1. The van der Waals surface area contributed by atoms with Crippen molar-refractivity contribution in [1.82, 2.24) is 4.90 Å². The molecule has 0 radical (unpaired) electrons. The molecule has 1 amide bonds. The number of carbonyl (C=O) groups is 1. The SMILES string of the molecule is O=C(c1ccc(-c2ccc(O)c([N+](=O)[O-])c2)cc1)N1CCCCC1. The number of phenolic OH excluding ortho intramolecular Hbond substituents is 1. The van der Waals surface area contributed by atoms with Gasteiger partial charge in [-0.2, -0.15) is 0 Å². The maximum atomic E-state index is 12.4. The summed E-state index contributed by atoms with van der Waals surface area (Å²) < 4.78 is 0.